The Bertz CT molecular complexity index is 608. The van der Waals surface area contributed by atoms with E-state index in [2.05, 4.69) is 4.98 Å². The van der Waals surface area contributed by atoms with Crippen molar-refractivity contribution in [3.63, 3.8) is 0 Å². The second-order valence-electron chi connectivity index (χ2n) is 4.19. The molecule has 0 bridgehead atoms. The summed E-state index contributed by atoms with van der Waals surface area (Å²) in [6.45, 7) is 1.90. The summed E-state index contributed by atoms with van der Waals surface area (Å²) in [7, 11) is 0. The van der Waals surface area contributed by atoms with Crippen LogP contribution in [0.3, 0.4) is 0 Å². The van der Waals surface area contributed by atoms with Crippen molar-refractivity contribution >= 4 is 11.8 Å². The van der Waals surface area contributed by atoms with Crippen molar-refractivity contribution in [3.8, 4) is 5.75 Å². The van der Waals surface area contributed by atoms with Gasteiger partial charge in [0.2, 0.25) is 0 Å². The highest BCUT2D eigenvalue weighted by molar-refractivity contribution is 6.08. The zero-order valence-corrected chi connectivity index (χ0v) is 11.6. The minimum absolute atomic E-state index is 0.111. The number of nitrogens with zero attached hydrogens (tertiary/aromatic N) is 1. The van der Waals surface area contributed by atoms with Crippen molar-refractivity contribution < 1.29 is 19.1 Å². The number of carbonyl (C=O) groups is 2. The fourth-order valence-electron chi connectivity index (χ4n) is 1.71. The molecular weight excluding hydrogens is 270 g/mol. The molecule has 0 spiro atoms. The third-order valence-corrected chi connectivity index (χ3v) is 2.70. The molecule has 0 aliphatic rings. The molecule has 1 heterocycles. The summed E-state index contributed by atoms with van der Waals surface area (Å²) in [6.07, 6.45) is 3.14. The number of ketones is 1. The van der Waals surface area contributed by atoms with Gasteiger partial charge in [0.1, 0.15) is 5.75 Å². The highest BCUT2D eigenvalue weighted by Gasteiger charge is 2.09. The SMILES string of the molecule is CCOC(=O)COc1ccc(C(=O)c2cccnc2)cc1. The number of ether oxygens (including phenoxy) is 2. The molecule has 0 N–H and O–H groups in total. The fraction of sp³-hybridized carbons (Fsp3) is 0.188. The Balaban J connectivity index is 1.99. The van der Waals surface area contributed by atoms with Crippen molar-refractivity contribution in [1.29, 1.82) is 0 Å². The number of esters is 1. The summed E-state index contributed by atoms with van der Waals surface area (Å²) in [4.78, 5) is 27.2. The van der Waals surface area contributed by atoms with Crippen LogP contribution in [0.2, 0.25) is 0 Å². The van der Waals surface area contributed by atoms with E-state index in [1.54, 1.807) is 49.5 Å². The molecule has 0 radical (unpaired) electrons. The Labute approximate surface area is 122 Å². The number of pyridine rings is 1. The molecule has 0 unspecified atom stereocenters. The zero-order valence-electron chi connectivity index (χ0n) is 11.6. The molecule has 5 nitrogen and oxygen atoms in total. The molecule has 5 heteroatoms. The number of rotatable bonds is 6. The largest absolute Gasteiger partial charge is 0.482 e. The molecule has 2 aromatic rings. The number of hydrogen-bond donors (Lipinski definition) is 0. The van der Waals surface area contributed by atoms with Crippen LogP contribution < -0.4 is 4.74 Å². The normalized spacial score (nSPS) is 9.95. The van der Waals surface area contributed by atoms with Gasteiger partial charge in [-0.15, -0.1) is 0 Å². The third kappa shape index (κ3) is 4.14. The molecule has 108 valence electrons. The van der Waals surface area contributed by atoms with Gasteiger partial charge in [0.25, 0.3) is 0 Å². The average Bonchev–Trinajstić information content (AvgIpc) is 2.54. The Hall–Kier alpha value is -2.69. The lowest BCUT2D eigenvalue weighted by Crippen LogP contribution is -2.14. The molecular formula is C16H15NO4. The van der Waals surface area contributed by atoms with E-state index in [4.69, 9.17) is 9.47 Å². The van der Waals surface area contributed by atoms with Crippen molar-refractivity contribution in [1.82, 2.24) is 4.98 Å². The van der Waals surface area contributed by atoms with Crippen molar-refractivity contribution in [3.05, 3.63) is 59.9 Å². The van der Waals surface area contributed by atoms with Gasteiger partial charge in [-0.3, -0.25) is 9.78 Å². The molecule has 0 fully saturated rings. The van der Waals surface area contributed by atoms with Gasteiger partial charge in [0.15, 0.2) is 12.4 Å². The van der Waals surface area contributed by atoms with Gasteiger partial charge in [-0.2, -0.15) is 0 Å². The van der Waals surface area contributed by atoms with Crippen LogP contribution in [0.25, 0.3) is 0 Å². The predicted molar refractivity (Wildman–Crippen MR) is 76.2 cm³/mol. The minimum Gasteiger partial charge on any atom is -0.482 e. The van der Waals surface area contributed by atoms with E-state index >= 15 is 0 Å². The second kappa shape index (κ2) is 7.19. The Kier molecular flexibility index (Phi) is 5.04. The van der Waals surface area contributed by atoms with Gasteiger partial charge < -0.3 is 9.47 Å². The van der Waals surface area contributed by atoms with Gasteiger partial charge in [-0.25, -0.2) is 4.79 Å². The van der Waals surface area contributed by atoms with Crippen molar-refractivity contribution in [2.24, 2.45) is 0 Å². The van der Waals surface area contributed by atoms with E-state index in [1.807, 2.05) is 0 Å². The number of benzene rings is 1. The summed E-state index contributed by atoms with van der Waals surface area (Å²) < 4.78 is 10.0. The van der Waals surface area contributed by atoms with Crippen LogP contribution >= 0.6 is 0 Å². The van der Waals surface area contributed by atoms with Crippen LogP contribution in [0.15, 0.2) is 48.8 Å². The summed E-state index contributed by atoms with van der Waals surface area (Å²) in [5.74, 6) is -0.0288. The predicted octanol–water partition coefficient (Wildman–Crippen LogP) is 2.25. The van der Waals surface area contributed by atoms with Gasteiger partial charge in [-0.05, 0) is 43.3 Å². The summed E-state index contributed by atoms with van der Waals surface area (Å²) in [5.41, 5.74) is 1.06. The topological polar surface area (TPSA) is 65.5 Å². The average molecular weight is 285 g/mol. The van der Waals surface area contributed by atoms with E-state index in [0.717, 1.165) is 0 Å². The third-order valence-electron chi connectivity index (χ3n) is 2.70. The molecule has 0 saturated carbocycles. The smallest absolute Gasteiger partial charge is 0.344 e. The first kappa shape index (κ1) is 14.7. The first-order valence-corrected chi connectivity index (χ1v) is 6.54. The molecule has 21 heavy (non-hydrogen) atoms. The lowest BCUT2D eigenvalue weighted by molar-refractivity contribution is -0.145. The molecule has 0 aliphatic heterocycles. The summed E-state index contributed by atoms with van der Waals surface area (Å²) in [5, 5.41) is 0. The molecule has 0 aliphatic carbocycles. The maximum atomic E-state index is 12.2. The molecule has 0 atom stereocenters. The molecule has 2 rings (SSSR count). The molecule has 0 amide bonds. The Morgan fingerprint density at radius 3 is 2.48 bits per heavy atom. The van der Waals surface area contributed by atoms with Crippen LogP contribution in [-0.4, -0.2) is 30.0 Å². The molecule has 0 saturated heterocycles. The van der Waals surface area contributed by atoms with E-state index in [9.17, 15) is 9.59 Å². The Morgan fingerprint density at radius 1 is 1.10 bits per heavy atom. The second-order valence-corrected chi connectivity index (χ2v) is 4.19. The maximum Gasteiger partial charge on any atom is 0.344 e. The molecule has 1 aromatic heterocycles. The van der Waals surface area contributed by atoms with Crippen LogP contribution in [-0.2, 0) is 9.53 Å². The van der Waals surface area contributed by atoms with E-state index in [1.165, 1.54) is 6.20 Å². The highest BCUT2D eigenvalue weighted by Crippen LogP contribution is 2.15. The maximum absolute atomic E-state index is 12.2. The van der Waals surface area contributed by atoms with Gasteiger partial charge in [-0.1, -0.05) is 0 Å². The summed E-state index contributed by atoms with van der Waals surface area (Å²) in [6, 6.07) is 10.0. The summed E-state index contributed by atoms with van der Waals surface area (Å²) >= 11 is 0. The zero-order chi connectivity index (χ0) is 15.1. The lowest BCUT2D eigenvalue weighted by atomic mass is 10.1. The number of aromatic nitrogens is 1. The Morgan fingerprint density at radius 2 is 1.86 bits per heavy atom. The van der Waals surface area contributed by atoms with E-state index < -0.39 is 5.97 Å². The monoisotopic (exact) mass is 285 g/mol. The van der Waals surface area contributed by atoms with Crippen LogP contribution in [0.1, 0.15) is 22.8 Å². The van der Waals surface area contributed by atoms with Crippen molar-refractivity contribution in [2.45, 2.75) is 6.92 Å². The molecule has 1 aromatic carbocycles. The number of hydrogen-bond acceptors (Lipinski definition) is 5. The highest BCUT2D eigenvalue weighted by atomic mass is 16.6. The van der Waals surface area contributed by atoms with Crippen LogP contribution in [0.4, 0.5) is 0 Å². The fourth-order valence-corrected chi connectivity index (χ4v) is 1.71. The minimum atomic E-state index is -0.423. The van der Waals surface area contributed by atoms with Gasteiger partial charge in [0.05, 0.1) is 6.61 Å². The van der Waals surface area contributed by atoms with E-state index in [-0.39, 0.29) is 12.4 Å². The number of carbonyl (C=O) groups excluding carboxylic acids is 2. The van der Waals surface area contributed by atoms with Crippen molar-refractivity contribution in [2.75, 3.05) is 13.2 Å². The first-order chi connectivity index (χ1) is 10.2. The van der Waals surface area contributed by atoms with Crippen LogP contribution in [0, 0.1) is 0 Å². The quantitative estimate of drug-likeness (QED) is 0.601. The van der Waals surface area contributed by atoms with Gasteiger partial charge >= 0.3 is 5.97 Å². The first-order valence-electron chi connectivity index (χ1n) is 6.54. The lowest BCUT2D eigenvalue weighted by Gasteiger charge is -2.06. The van der Waals surface area contributed by atoms with Crippen LogP contribution in [0.5, 0.6) is 5.75 Å². The standard InChI is InChI=1S/C16H15NO4/c1-2-20-15(18)11-21-14-7-5-12(6-8-14)16(19)13-4-3-9-17-10-13/h3-10H,2,11H2,1H3. The van der Waals surface area contributed by atoms with Gasteiger partial charge in [0, 0.05) is 23.5 Å². The van der Waals surface area contributed by atoms with E-state index in [0.29, 0.717) is 23.5 Å².